The van der Waals surface area contributed by atoms with E-state index in [1.54, 1.807) is 13.0 Å². The minimum Gasteiger partial charge on any atom is -0.481 e. The monoisotopic (exact) mass is 304 g/mol. The predicted molar refractivity (Wildman–Crippen MR) is 75.7 cm³/mol. The summed E-state index contributed by atoms with van der Waals surface area (Å²) in [5, 5.41) is 14.1. The number of hydrogen-bond donors (Lipinski definition) is 3. The number of carboxylic acid groups (broad SMARTS) is 1. The molecule has 106 valence electrons. The third-order valence-electron chi connectivity index (χ3n) is 2.65. The first kappa shape index (κ1) is 15.8. The fraction of sp³-hybridized carbons (Fsp3) is 0.500. The molecule has 1 rings (SSSR count). The van der Waals surface area contributed by atoms with Gasteiger partial charge in [-0.2, -0.15) is 0 Å². The number of rotatable bonds is 6. The van der Waals surface area contributed by atoms with Gasteiger partial charge in [-0.3, -0.25) is 4.79 Å². The standard InChI is InChI=1S/C12H17ClN2O3S/c1-7(11(16)17)5-6-14-12(18)15-8(2)9-3-4-10(13)19-9/h3-4,7-8H,5-6H2,1-2H3,(H,16,17)(H2,14,15,18). The summed E-state index contributed by atoms with van der Waals surface area (Å²) in [7, 11) is 0. The van der Waals surface area contributed by atoms with Gasteiger partial charge in [-0.1, -0.05) is 18.5 Å². The van der Waals surface area contributed by atoms with Crippen molar-refractivity contribution in [2.75, 3.05) is 6.54 Å². The molecule has 0 spiro atoms. The lowest BCUT2D eigenvalue weighted by Crippen LogP contribution is -2.38. The van der Waals surface area contributed by atoms with Crippen LogP contribution in [-0.2, 0) is 4.79 Å². The zero-order valence-corrected chi connectivity index (χ0v) is 12.3. The van der Waals surface area contributed by atoms with Crippen LogP contribution in [0.2, 0.25) is 4.34 Å². The average molecular weight is 305 g/mol. The number of nitrogens with one attached hydrogen (secondary N) is 2. The summed E-state index contributed by atoms with van der Waals surface area (Å²) in [6, 6.07) is 3.21. The van der Waals surface area contributed by atoms with Crippen molar-refractivity contribution >= 4 is 34.9 Å². The molecular formula is C12H17ClN2O3S. The van der Waals surface area contributed by atoms with Crippen LogP contribution in [0, 0.1) is 5.92 Å². The third-order valence-corrected chi connectivity index (χ3v) is 4.07. The van der Waals surface area contributed by atoms with Gasteiger partial charge in [0.2, 0.25) is 0 Å². The molecule has 0 aliphatic rings. The zero-order valence-electron chi connectivity index (χ0n) is 10.8. The average Bonchev–Trinajstić information content (AvgIpc) is 2.75. The normalized spacial score (nSPS) is 13.6. The summed E-state index contributed by atoms with van der Waals surface area (Å²) in [5.74, 6) is -1.32. The van der Waals surface area contributed by atoms with Crippen molar-refractivity contribution < 1.29 is 14.7 Å². The molecule has 0 aromatic carbocycles. The van der Waals surface area contributed by atoms with Crippen molar-refractivity contribution in [3.63, 3.8) is 0 Å². The Balaban J connectivity index is 2.29. The number of halogens is 1. The molecular weight excluding hydrogens is 288 g/mol. The summed E-state index contributed by atoms with van der Waals surface area (Å²) >= 11 is 7.24. The maximum Gasteiger partial charge on any atom is 0.315 e. The number of hydrogen-bond acceptors (Lipinski definition) is 3. The molecule has 19 heavy (non-hydrogen) atoms. The van der Waals surface area contributed by atoms with Crippen LogP contribution >= 0.6 is 22.9 Å². The van der Waals surface area contributed by atoms with Crippen LogP contribution in [0.3, 0.4) is 0 Å². The van der Waals surface area contributed by atoms with E-state index in [1.807, 2.05) is 13.0 Å². The van der Waals surface area contributed by atoms with Gasteiger partial charge in [-0.05, 0) is 25.5 Å². The van der Waals surface area contributed by atoms with Crippen molar-refractivity contribution in [3.05, 3.63) is 21.3 Å². The van der Waals surface area contributed by atoms with Crippen LogP contribution in [0.1, 0.15) is 31.2 Å². The van der Waals surface area contributed by atoms with E-state index in [-0.39, 0.29) is 12.1 Å². The van der Waals surface area contributed by atoms with Crippen LogP contribution in [0.4, 0.5) is 4.79 Å². The van der Waals surface area contributed by atoms with E-state index in [1.165, 1.54) is 11.3 Å². The molecule has 1 heterocycles. The second-order valence-electron chi connectivity index (χ2n) is 4.29. The van der Waals surface area contributed by atoms with E-state index in [9.17, 15) is 9.59 Å². The van der Waals surface area contributed by atoms with E-state index in [0.717, 1.165) is 4.88 Å². The zero-order chi connectivity index (χ0) is 14.4. The first-order chi connectivity index (χ1) is 8.90. The molecule has 1 aromatic heterocycles. The van der Waals surface area contributed by atoms with Crippen molar-refractivity contribution in [1.82, 2.24) is 10.6 Å². The second kappa shape index (κ2) is 7.35. The molecule has 3 N–H and O–H groups in total. The van der Waals surface area contributed by atoms with E-state index < -0.39 is 11.9 Å². The molecule has 1 aromatic rings. The fourth-order valence-electron chi connectivity index (χ4n) is 1.41. The van der Waals surface area contributed by atoms with Gasteiger partial charge in [0.05, 0.1) is 16.3 Å². The lowest BCUT2D eigenvalue weighted by atomic mass is 10.1. The van der Waals surface area contributed by atoms with Gasteiger partial charge < -0.3 is 15.7 Å². The number of amides is 2. The fourth-order valence-corrected chi connectivity index (χ4v) is 2.47. The Morgan fingerprint density at radius 3 is 2.63 bits per heavy atom. The molecule has 7 heteroatoms. The van der Waals surface area contributed by atoms with Gasteiger partial charge in [0.25, 0.3) is 0 Å². The van der Waals surface area contributed by atoms with Crippen LogP contribution in [-0.4, -0.2) is 23.7 Å². The SMILES string of the molecule is CC(CCNC(=O)NC(C)c1ccc(Cl)s1)C(=O)O. The lowest BCUT2D eigenvalue weighted by Gasteiger charge is -2.13. The number of carbonyl (C=O) groups excluding carboxylic acids is 1. The van der Waals surface area contributed by atoms with Gasteiger partial charge in [0, 0.05) is 11.4 Å². The lowest BCUT2D eigenvalue weighted by molar-refractivity contribution is -0.141. The van der Waals surface area contributed by atoms with E-state index in [4.69, 9.17) is 16.7 Å². The molecule has 0 aliphatic heterocycles. The molecule has 0 radical (unpaired) electrons. The van der Waals surface area contributed by atoms with Crippen molar-refractivity contribution in [2.24, 2.45) is 5.92 Å². The van der Waals surface area contributed by atoms with Crippen molar-refractivity contribution in [1.29, 1.82) is 0 Å². The minimum atomic E-state index is -0.858. The summed E-state index contributed by atoms with van der Waals surface area (Å²) in [6.45, 7) is 3.80. The first-order valence-corrected chi connectivity index (χ1v) is 7.12. The number of thiophene rings is 1. The molecule has 0 aliphatic carbocycles. The van der Waals surface area contributed by atoms with Crippen LogP contribution in [0.5, 0.6) is 0 Å². The highest BCUT2D eigenvalue weighted by Crippen LogP contribution is 2.26. The summed E-state index contributed by atoms with van der Waals surface area (Å²) in [5.41, 5.74) is 0. The van der Waals surface area contributed by atoms with E-state index in [2.05, 4.69) is 10.6 Å². The Kier molecular flexibility index (Phi) is 6.11. The number of carboxylic acids is 1. The molecule has 2 amide bonds. The number of urea groups is 1. The summed E-state index contributed by atoms with van der Waals surface area (Å²) < 4.78 is 0.680. The predicted octanol–water partition coefficient (Wildman–Crippen LogP) is 2.87. The van der Waals surface area contributed by atoms with Gasteiger partial charge in [0.1, 0.15) is 0 Å². The van der Waals surface area contributed by atoms with E-state index in [0.29, 0.717) is 17.3 Å². The Bertz CT molecular complexity index is 450. The van der Waals surface area contributed by atoms with Crippen LogP contribution in [0.25, 0.3) is 0 Å². The Morgan fingerprint density at radius 1 is 1.42 bits per heavy atom. The van der Waals surface area contributed by atoms with Gasteiger partial charge >= 0.3 is 12.0 Å². The topological polar surface area (TPSA) is 78.4 Å². The van der Waals surface area contributed by atoms with Gasteiger partial charge in [0.15, 0.2) is 0 Å². The Hall–Kier alpha value is -1.27. The van der Waals surface area contributed by atoms with Crippen molar-refractivity contribution in [2.45, 2.75) is 26.3 Å². The van der Waals surface area contributed by atoms with Gasteiger partial charge in [-0.15, -0.1) is 11.3 Å². The molecule has 0 saturated heterocycles. The Morgan fingerprint density at radius 2 is 2.11 bits per heavy atom. The first-order valence-electron chi connectivity index (χ1n) is 5.92. The molecule has 0 fully saturated rings. The maximum atomic E-state index is 11.6. The third kappa shape index (κ3) is 5.48. The smallest absolute Gasteiger partial charge is 0.315 e. The minimum absolute atomic E-state index is 0.130. The van der Waals surface area contributed by atoms with Crippen LogP contribution in [0.15, 0.2) is 12.1 Å². The number of aliphatic carboxylic acids is 1. The van der Waals surface area contributed by atoms with Crippen molar-refractivity contribution in [3.8, 4) is 0 Å². The molecule has 0 saturated carbocycles. The highest BCUT2D eigenvalue weighted by molar-refractivity contribution is 7.16. The Labute approximate surface area is 121 Å². The summed E-state index contributed by atoms with van der Waals surface area (Å²) in [6.07, 6.45) is 0.405. The molecule has 2 unspecified atom stereocenters. The van der Waals surface area contributed by atoms with Gasteiger partial charge in [-0.25, -0.2) is 4.79 Å². The highest BCUT2D eigenvalue weighted by Gasteiger charge is 2.13. The van der Waals surface area contributed by atoms with Crippen LogP contribution < -0.4 is 10.6 Å². The molecule has 2 atom stereocenters. The maximum absolute atomic E-state index is 11.6. The highest BCUT2D eigenvalue weighted by atomic mass is 35.5. The van der Waals surface area contributed by atoms with E-state index >= 15 is 0 Å². The summed E-state index contributed by atoms with van der Waals surface area (Å²) in [4.78, 5) is 23.2. The quantitative estimate of drug-likeness (QED) is 0.756. The second-order valence-corrected chi connectivity index (χ2v) is 6.04. The number of carbonyl (C=O) groups is 2. The largest absolute Gasteiger partial charge is 0.481 e. The molecule has 0 bridgehead atoms. The molecule has 5 nitrogen and oxygen atoms in total.